The Hall–Kier alpha value is -0.740. The fraction of sp³-hybridized carbons (Fsp3) is 0.571. The van der Waals surface area contributed by atoms with Crippen LogP contribution in [-0.4, -0.2) is 14.2 Å². The lowest BCUT2D eigenvalue weighted by molar-refractivity contribution is 0.386. The summed E-state index contributed by atoms with van der Waals surface area (Å²) in [6.45, 7) is 4.50. The molecule has 4 heteroatoms. The van der Waals surface area contributed by atoms with Gasteiger partial charge in [0.05, 0.1) is 18.7 Å². The zero-order chi connectivity index (χ0) is 13.5. The van der Waals surface area contributed by atoms with E-state index < -0.39 is 0 Å². The molecule has 0 heterocycles. The zero-order valence-electron chi connectivity index (χ0n) is 11.3. The van der Waals surface area contributed by atoms with Crippen molar-refractivity contribution in [2.75, 3.05) is 14.2 Å². The summed E-state index contributed by atoms with van der Waals surface area (Å²) >= 11 is 3.46. The molecule has 1 saturated carbocycles. The first-order valence-electron chi connectivity index (χ1n) is 6.07. The maximum absolute atomic E-state index is 6.38. The van der Waals surface area contributed by atoms with Gasteiger partial charge in [0, 0.05) is 11.6 Å². The molecule has 3 nitrogen and oxygen atoms in total. The minimum Gasteiger partial charge on any atom is -0.496 e. The Morgan fingerprint density at radius 1 is 1.28 bits per heavy atom. The lowest BCUT2D eigenvalue weighted by Gasteiger charge is -2.19. The van der Waals surface area contributed by atoms with E-state index in [-0.39, 0.29) is 6.04 Å². The van der Waals surface area contributed by atoms with Crippen LogP contribution in [0.4, 0.5) is 0 Å². The third-order valence-electron chi connectivity index (χ3n) is 3.89. The van der Waals surface area contributed by atoms with Crippen LogP contribution in [0.2, 0.25) is 0 Å². The molecule has 2 atom stereocenters. The van der Waals surface area contributed by atoms with Crippen molar-refractivity contribution in [2.45, 2.75) is 26.3 Å². The Labute approximate surface area is 117 Å². The SMILES string of the molecule is COc1cc(C(N)C2CC2(C)C)c(OC)cc1Br. The second kappa shape index (κ2) is 4.74. The van der Waals surface area contributed by atoms with Crippen molar-refractivity contribution in [1.29, 1.82) is 0 Å². The van der Waals surface area contributed by atoms with Crippen LogP contribution in [0.1, 0.15) is 31.9 Å². The summed E-state index contributed by atoms with van der Waals surface area (Å²) in [5.74, 6) is 2.12. The largest absolute Gasteiger partial charge is 0.496 e. The molecule has 0 saturated heterocycles. The molecule has 2 unspecified atom stereocenters. The van der Waals surface area contributed by atoms with Crippen molar-refractivity contribution < 1.29 is 9.47 Å². The average molecular weight is 314 g/mol. The Bertz CT molecular complexity index is 459. The third-order valence-corrected chi connectivity index (χ3v) is 4.51. The number of methoxy groups -OCH3 is 2. The maximum atomic E-state index is 6.38. The van der Waals surface area contributed by atoms with Crippen LogP contribution in [0.3, 0.4) is 0 Å². The minimum absolute atomic E-state index is 0.00282. The summed E-state index contributed by atoms with van der Waals surface area (Å²) < 4.78 is 11.6. The van der Waals surface area contributed by atoms with E-state index in [9.17, 15) is 0 Å². The zero-order valence-corrected chi connectivity index (χ0v) is 12.9. The van der Waals surface area contributed by atoms with E-state index in [1.165, 1.54) is 0 Å². The van der Waals surface area contributed by atoms with Crippen LogP contribution >= 0.6 is 15.9 Å². The van der Waals surface area contributed by atoms with E-state index in [1.54, 1.807) is 14.2 Å². The minimum atomic E-state index is -0.00282. The van der Waals surface area contributed by atoms with Crippen LogP contribution < -0.4 is 15.2 Å². The van der Waals surface area contributed by atoms with Gasteiger partial charge < -0.3 is 15.2 Å². The lowest BCUT2D eigenvalue weighted by atomic mass is 9.97. The first kappa shape index (κ1) is 13.7. The molecule has 100 valence electrons. The molecule has 1 aliphatic carbocycles. The van der Waals surface area contributed by atoms with E-state index in [2.05, 4.69) is 29.8 Å². The van der Waals surface area contributed by atoms with Crippen molar-refractivity contribution >= 4 is 15.9 Å². The van der Waals surface area contributed by atoms with E-state index in [4.69, 9.17) is 15.2 Å². The Morgan fingerprint density at radius 2 is 1.83 bits per heavy atom. The molecule has 0 bridgehead atoms. The molecule has 0 radical (unpaired) electrons. The quantitative estimate of drug-likeness (QED) is 0.925. The van der Waals surface area contributed by atoms with Crippen molar-refractivity contribution in [3.8, 4) is 11.5 Å². The molecule has 0 amide bonds. The van der Waals surface area contributed by atoms with Gasteiger partial charge in [0.25, 0.3) is 0 Å². The summed E-state index contributed by atoms with van der Waals surface area (Å²) in [7, 11) is 3.32. The summed E-state index contributed by atoms with van der Waals surface area (Å²) in [4.78, 5) is 0. The van der Waals surface area contributed by atoms with Crippen LogP contribution in [-0.2, 0) is 0 Å². The van der Waals surface area contributed by atoms with E-state index in [1.807, 2.05) is 12.1 Å². The Balaban J connectivity index is 2.36. The summed E-state index contributed by atoms with van der Waals surface area (Å²) in [6, 6.07) is 3.89. The highest BCUT2D eigenvalue weighted by molar-refractivity contribution is 9.10. The monoisotopic (exact) mass is 313 g/mol. The molecule has 0 aliphatic heterocycles. The number of benzene rings is 1. The molecule has 0 aromatic heterocycles. The van der Waals surface area contributed by atoms with Crippen LogP contribution in [0.15, 0.2) is 16.6 Å². The molecule has 1 aromatic carbocycles. The van der Waals surface area contributed by atoms with Gasteiger partial charge in [-0.1, -0.05) is 13.8 Å². The molecule has 18 heavy (non-hydrogen) atoms. The van der Waals surface area contributed by atoms with Crippen LogP contribution in [0.5, 0.6) is 11.5 Å². The first-order valence-corrected chi connectivity index (χ1v) is 6.87. The number of hydrogen-bond donors (Lipinski definition) is 1. The van der Waals surface area contributed by atoms with Crippen LogP contribution in [0.25, 0.3) is 0 Å². The van der Waals surface area contributed by atoms with Gasteiger partial charge >= 0.3 is 0 Å². The standard InChI is InChI=1S/C14H20BrNO2/c1-14(2)7-9(14)13(16)8-5-12(18-4)10(15)6-11(8)17-3/h5-6,9,13H,7,16H2,1-4H3. The van der Waals surface area contributed by atoms with Crippen LogP contribution in [0, 0.1) is 11.3 Å². The molecule has 1 aromatic rings. The molecule has 1 fully saturated rings. The summed E-state index contributed by atoms with van der Waals surface area (Å²) in [5, 5.41) is 0. The van der Waals surface area contributed by atoms with Crippen molar-refractivity contribution in [1.82, 2.24) is 0 Å². The van der Waals surface area contributed by atoms with Gasteiger partial charge in [0.2, 0.25) is 0 Å². The second-order valence-corrected chi connectivity index (χ2v) is 6.41. The predicted octanol–water partition coefficient (Wildman–Crippen LogP) is 3.51. The molecule has 2 N–H and O–H groups in total. The number of nitrogens with two attached hydrogens (primary N) is 1. The molecular weight excluding hydrogens is 294 g/mol. The van der Waals surface area contributed by atoms with E-state index in [0.717, 1.165) is 28.0 Å². The Morgan fingerprint density at radius 3 is 2.28 bits per heavy atom. The topological polar surface area (TPSA) is 44.5 Å². The summed E-state index contributed by atoms with van der Waals surface area (Å²) in [6.07, 6.45) is 1.16. The van der Waals surface area contributed by atoms with Gasteiger partial charge in [0.15, 0.2) is 0 Å². The number of halogens is 1. The van der Waals surface area contributed by atoms with Gasteiger partial charge in [-0.25, -0.2) is 0 Å². The summed E-state index contributed by atoms with van der Waals surface area (Å²) in [5.41, 5.74) is 7.73. The lowest BCUT2D eigenvalue weighted by Crippen LogP contribution is -2.16. The van der Waals surface area contributed by atoms with Crippen molar-refractivity contribution in [3.05, 3.63) is 22.2 Å². The number of rotatable bonds is 4. The molecule has 0 spiro atoms. The number of ether oxygens (including phenoxy) is 2. The van der Waals surface area contributed by atoms with Gasteiger partial charge in [-0.15, -0.1) is 0 Å². The molecular formula is C14H20BrNO2. The van der Waals surface area contributed by atoms with Gasteiger partial charge in [-0.3, -0.25) is 0 Å². The first-order chi connectivity index (χ1) is 8.40. The normalized spacial score (nSPS) is 22.4. The predicted molar refractivity (Wildman–Crippen MR) is 76.1 cm³/mol. The van der Waals surface area contributed by atoms with E-state index >= 15 is 0 Å². The second-order valence-electron chi connectivity index (χ2n) is 5.55. The maximum Gasteiger partial charge on any atom is 0.133 e. The fourth-order valence-corrected chi connectivity index (χ4v) is 2.97. The Kier molecular flexibility index (Phi) is 3.60. The van der Waals surface area contributed by atoms with Gasteiger partial charge in [0.1, 0.15) is 11.5 Å². The average Bonchev–Trinajstić information content (AvgIpc) is 2.97. The number of hydrogen-bond acceptors (Lipinski definition) is 3. The molecule has 2 rings (SSSR count). The highest BCUT2D eigenvalue weighted by Crippen LogP contribution is 2.58. The van der Waals surface area contributed by atoms with Crippen molar-refractivity contribution in [2.24, 2.45) is 17.1 Å². The van der Waals surface area contributed by atoms with E-state index in [0.29, 0.717) is 11.3 Å². The fourth-order valence-electron chi connectivity index (χ4n) is 2.48. The highest BCUT2D eigenvalue weighted by Gasteiger charge is 2.49. The van der Waals surface area contributed by atoms with Gasteiger partial charge in [-0.05, 0) is 45.8 Å². The van der Waals surface area contributed by atoms with Crippen molar-refractivity contribution in [3.63, 3.8) is 0 Å². The van der Waals surface area contributed by atoms with Gasteiger partial charge in [-0.2, -0.15) is 0 Å². The highest BCUT2D eigenvalue weighted by atomic mass is 79.9. The third kappa shape index (κ3) is 2.36. The smallest absolute Gasteiger partial charge is 0.133 e. The molecule has 1 aliphatic rings.